The molecule has 0 saturated heterocycles. The predicted molar refractivity (Wildman–Crippen MR) is 108 cm³/mol. The molecule has 132 valence electrons. The zero-order chi connectivity index (χ0) is 21.0. The van der Waals surface area contributed by atoms with Gasteiger partial charge in [0.2, 0.25) is 5.69 Å². The van der Waals surface area contributed by atoms with Crippen LogP contribution < -0.4 is 4.57 Å². The molecule has 5 rings (SSSR count). The van der Waals surface area contributed by atoms with E-state index in [4.69, 9.17) is 4.11 Å². The highest BCUT2D eigenvalue weighted by molar-refractivity contribution is 5.74. The van der Waals surface area contributed by atoms with Crippen LogP contribution in [0.15, 0.2) is 67.1 Å². The zero-order valence-corrected chi connectivity index (χ0v) is 15.4. The van der Waals surface area contributed by atoms with E-state index in [1.807, 2.05) is 60.4 Å². The third kappa shape index (κ3) is 2.50. The summed E-state index contributed by atoms with van der Waals surface area (Å²) in [6.07, 6.45) is 6.39. The van der Waals surface area contributed by atoms with Gasteiger partial charge in [-0.25, -0.2) is 9.55 Å². The SMILES string of the molecule is [2H]C([2H])([2H])c1c[n+](C)c(-c2cc3c(cc2C)-n2ccnc2C3)cc1-c1ccccc1. The Labute approximate surface area is 163 Å². The van der Waals surface area contributed by atoms with Crippen molar-refractivity contribution >= 4 is 0 Å². The molecule has 0 amide bonds. The average Bonchev–Trinajstić information content (AvgIpc) is 3.29. The average molecular weight is 355 g/mol. The summed E-state index contributed by atoms with van der Waals surface area (Å²) in [6, 6.07) is 16.2. The molecule has 1 aliphatic heterocycles. The van der Waals surface area contributed by atoms with Gasteiger partial charge >= 0.3 is 0 Å². The van der Waals surface area contributed by atoms with Crippen LogP contribution in [-0.2, 0) is 13.5 Å². The van der Waals surface area contributed by atoms with Gasteiger partial charge in [0.25, 0.3) is 0 Å². The van der Waals surface area contributed by atoms with Gasteiger partial charge in [0.1, 0.15) is 12.9 Å². The normalized spacial score (nSPS) is 14.2. The zero-order valence-electron chi connectivity index (χ0n) is 18.4. The smallest absolute Gasteiger partial charge is 0.213 e. The number of fused-ring (bicyclic) bond motifs is 3. The summed E-state index contributed by atoms with van der Waals surface area (Å²) in [7, 11) is 1.91. The van der Waals surface area contributed by atoms with Crippen molar-refractivity contribution in [1.29, 1.82) is 0 Å². The number of pyridine rings is 1. The first-order chi connectivity index (χ1) is 14.3. The van der Waals surface area contributed by atoms with Gasteiger partial charge < -0.3 is 4.57 Å². The van der Waals surface area contributed by atoms with E-state index in [9.17, 15) is 0 Å². The minimum absolute atomic E-state index is 0.360. The third-order valence-electron chi connectivity index (χ3n) is 5.39. The first kappa shape index (κ1) is 13.0. The number of aromatic nitrogens is 3. The Bertz CT molecular complexity index is 1270. The molecule has 3 heterocycles. The van der Waals surface area contributed by atoms with E-state index >= 15 is 0 Å². The monoisotopic (exact) mass is 355 g/mol. The first-order valence-corrected chi connectivity index (χ1v) is 9.09. The fraction of sp³-hybridized carbons (Fsp3) is 0.167. The van der Waals surface area contributed by atoms with Crippen LogP contribution in [0.4, 0.5) is 0 Å². The molecule has 0 unspecified atom stereocenters. The largest absolute Gasteiger partial charge is 0.303 e. The van der Waals surface area contributed by atoms with Gasteiger partial charge in [0.15, 0.2) is 6.20 Å². The molecule has 0 atom stereocenters. The van der Waals surface area contributed by atoms with Crippen LogP contribution in [0.2, 0.25) is 0 Å². The molecule has 0 saturated carbocycles. The number of nitrogens with zero attached hydrogens (tertiary/aromatic N) is 3. The second kappa shape index (κ2) is 5.92. The highest BCUT2D eigenvalue weighted by Crippen LogP contribution is 2.34. The molecule has 0 spiro atoms. The molecule has 0 radical (unpaired) electrons. The maximum absolute atomic E-state index is 8.04. The molecule has 0 N–H and O–H groups in total. The van der Waals surface area contributed by atoms with Crippen LogP contribution in [0, 0.1) is 13.8 Å². The van der Waals surface area contributed by atoms with Gasteiger partial charge in [-0.15, -0.1) is 0 Å². The molecular formula is C24H22N3+. The van der Waals surface area contributed by atoms with Crippen molar-refractivity contribution in [3.05, 3.63) is 89.6 Å². The molecule has 2 aromatic carbocycles. The summed E-state index contributed by atoms with van der Waals surface area (Å²) in [4.78, 5) is 4.45. The fourth-order valence-corrected chi connectivity index (χ4v) is 4.01. The second-order valence-corrected chi connectivity index (χ2v) is 7.15. The molecule has 0 bridgehead atoms. The van der Waals surface area contributed by atoms with E-state index < -0.39 is 6.85 Å². The van der Waals surface area contributed by atoms with E-state index in [2.05, 4.69) is 28.6 Å². The van der Waals surface area contributed by atoms with Crippen molar-refractivity contribution in [3.8, 4) is 28.1 Å². The minimum Gasteiger partial charge on any atom is -0.303 e. The van der Waals surface area contributed by atoms with Crippen molar-refractivity contribution in [2.45, 2.75) is 20.2 Å². The summed E-state index contributed by atoms with van der Waals surface area (Å²) >= 11 is 0. The summed E-state index contributed by atoms with van der Waals surface area (Å²) < 4.78 is 28.2. The van der Waals surface area contributed by atoms with E-state index in [0.29, 0.717) is 5.56 Å². The lowest BCUT2D eigenvalue weighted by Gasteiger charge is -2.12. The highest BCUT2D eigenvalue weighted by Gasteiger charge is 2.23. The number of aryl methyl sites for hydroxylation is 3. The maximum atomic E-state index is 8.04. The molecule has 0 aliphatic carbocycles. The van der Waals surface area contributed by atoms with Gasteiger partial charge in [-0.3, -0.25) is 0 Å². The summed E-state index contributed by atoms with van der Waals surface area (Å²) in [5, 5.41) is 0. The van der Waals surface area contributed by atoms with Crippen molar-refractivity contribution < 1.29 is 8.68 Å². The standard InChI is InChI=1S/C24H22N3/c1-16-11-22-19(13-24-25-9-10-27(22)24)12-21(16)23-14-20(17(2)15-26(23)3)18-7-5-4-6-8-18/h4-12,14-15H,13H2,1-3H3/q+1/i2D3. The summed E-state index contributed by atoms with van der Waals surface area (Å²) in [5.41, 5.74) is 7.67. The van der Waals surface area contributed by atoms with Gasteiger partial charge in [-0.05, 0) is 48.2 Å². The summed E-state index contributed by atoms with van der Waals surface area (Å²) in [5.74, 6) is 1.05. The predicted octanol–water partition coefficient (Wildman–Crippen LogP) is 4.55. The van der Waals surface area contributed by atoms with Crippen molar-refractivity contribution in [2.24, 2.45) is 7.05 Å². The van der Waals surface area contributed by atoms with Crippen LogP contribution in [0.25, 0.3) is 28.1 Å². The summed E-state index contributed by atoms with van der Waals surface area (Å²) in [6.45, 7) is -0.0892. The maximum Gasteiger partial charge on any atom is 0.213 e. The van der Waals surface area contributed by atoms with Crippen LogP contribution in [0.1, 0.15) is 26.6 Å². The van der Waals surface area contributed by atoms with Crippen molar-refractivity contribution in [2.75, 3.05) is 0 Å². The fourth-order valence-electron chi connectivity index (χ4n) is 4.01. The van der Waals surface area contributed by atoms with E-state index in [1.165, 1.54) is 11.3 Å². The second-order valence-electron chi connectivity index (χ2n) is 7.15. The Morgan fingerprint density at radius 2 is 1.93 bits per heavy atom. The minimum atomic E-state index is -2.19. The Morgan fingerprint density at radius 1 is 1.07 bits per heavy atom. The lowest BCUT2D eigenvalue weighted by Crippen LogP contribution is -2.31. The quantitative estimate of drug-likeness (QED) is 0.426. The van der Waals surface area contributed by atoms with Gasteiger partial charge in [0, 0.05) is 40.1 Å². The molecule has 3 nitrogen and oxygen atoms in total. The molecule has 1 aliphatic rings. The highest BCUT2D eigenvalue weighted by atomic mass is 15.1. The van der Waals surface area contributed by atoms with Crippen molar-refractivity contribution in [3.63, 3.8) is 0 Å². The van der Waals surface area contributed by atoms with Gasteiger partial charge in [0.05, 0.1) is 5.69 Å². The molecule has 0 fully saturated rings. The number of hydrogen-bond acceptors (Lipinski definition) is 1. The van der Waals surface area contributed by atoms with E-state index in [0.717, 1.165) is 40.2 Å². The number of rotatable bonds is 2. The Morgan fingerprint density at radius 3 is 2.74 bits per heavy atom. The topological polar surface area (TPSA) is 21.7 Å². The van der Waals surface area contributed by atoms with E-state index in [1.54, 1.807) is 6.20 Å². The molecule has 3 heteroatoms. The van der Waals surface area contributed by atoms with Crippen molar-refractivity contribution in [1.82, 2.24) is 9.55 Å². The van der Waals surface area contributed by atoms with E-state index in [-0.39, 0.29) is 0 Å². The molecule has 4 aromatic rings. The molecular weight excluding hydrogens is 330 g/mol. The van der Waals surface area contributed by atoms with Crippen LogP contribution >= 0.6 is 0 Å². The number of benzene rings is 2. The Balaban J connectivity index is 1.71. The molecule has 2 aromatic heterocycles. The lowest BCUT2D eigenvalue weighted by molar-refractivity contribution is -0.660. The Kier molecular flexibility index (Phi) is 2.86. The van der Waals surface area contributed by atoms with Gasteiger partial charge in [-0.1, -0.05) is 30.3 Å². The number of hydrogen-bond donors (Lipinski definition) is 0. The lowest BCUT2D eigenvalue weighted by atomic mass is 9.95. The molecule has 27 heavy (non-hydrogen) atoms. The van der Waals surface area contributed by atoms with Crippen LogP contribution in [0.3, 0.4) is 0 Å². The van der Waals surface area contributed by atoms with Crippen LogP contribution in [-0.4, -0.2) is 9.55 Å². The Hall–Kier alpha value is -3.20. The first-order valence-electron chi connectivity index (χ1n) is 10.6. The van der Waals surface area contributed by atoms with Gasteiger partial charge in [-0.2, -0.15) is 0 Å². The third-order valence-corrected chi connectivity index (χ3v) is 5.39. The van der Waals surface area contributed by atoms with Crippen LogP contribution in [0.5, 0.6) is 0 Å². The number of imidazole rings is 1.